The van der Waals surface area contributed by atoms with Crippen LogP contribution in [0.4, 0.5) is 4.79 Å². The predicted octanol–water partition coefficient (Wildman–Crippen LogP) is 6.17. The molecule has 2 aromatic carbocycles. The number of carbonyl (C=O) groups excluding carboxylic acids is 1. The van der Waals surface area contributed by atoms with Crippen molar-refractivity contribution < 1.29 is 14.3 Å². The number of carbonyl (C=O) groups is 1. The molecule has 1 N–H and O–H groups in total. The molecule has 0 spiro atoms. The molecule has 6 nitrogen and oxygen atoms in total. The fraction of sp³-hybridized carbons (Fsp3) is 0.355. The molecule has 1 aliphatic rings. The molecular weight excluding hydrogens is 498 g/mol. The van der Waals surface area contributed by atoms with Crippen molar-refractivity contribution in [2.75, 3.05) is 26.2 Å². The molecule has 1 aliphatic heterocycles. The van der Waals surface area contributed by atoms with E-state index in [2.05, 4.69) is 27.0 Å². The standard InChI is InChI=1S/C31H34ClN3O3/c1-31(2,3)38-30(36)34-28-5-4-18-35(22-28)19-20-37-29-16-7-23(8-17-29)6-14-27-15-11-25(21-33-27)24-9-12-26(32)13-10-24/h7-13,15-17,21,28H,4-5,18-20,22H2,1-3H3,(H,34,36)/t28-/m1/s1. The minimum Gasteiger partial charge on any atom is -0.492 e. The van der Waals surface area contributed by atoms with Crippen molar-refractivity contribution in [3.05, 3.63) is 83.1 Å². The Kier molecular flexibility index (Phi) is 9.28. The number of alkyl carbamates (subject to hydrolysis) is 1. The average molecular weight is 532 g/mol. The summed E-state index contributed by atoms with van der Waals surface area (Å²) in [6.45, 7) is 8.78. The van der Waals surface area contributed by atoms with Gasteiger partial charge in [-0.2, -0.15) is 0 Å². The van der Waals surface area contributed by atoms with Gasteiger partial charge in [0.05, 0.1) is 0 Å². The number of hydrogen-bond donors (Lipinski definition) is 1. The van der Waals surface area contributed by atoms with Gasteiger partial charge in [0.15, 0.2) is 0 Å². The quantitative estimate of drug-likeness (QED) is 0.385. The van der Waals surface area contributed by atoms with Crippen LogP contribution in [-0.4, -0.2) is 53.9 Å². The zero-order valence-corrected chi connectivity index (χ0v) is 22.9. The molecule has 38 heavy (non-hydrogen) atoms. The molecule has 3 aromatic rings. The Labute approximate surface area is 230 Å². The smallest absolute Gasteiger partial charge is 0.407 e. The van der Waals surface area contributed by atoms with Crippen molar-refractivity contribution in [1.29, 1.82) is 0 Å². The number of rotatable bonds is 6. The Morgan fingerprint density at radius 1 is 1.05 bits per heavy atom. The maximum atomic E-state index is 12.1. The summed E-state index contributed by atoms with van der Waals surface area (Å²) in [7, 11) is 0. The van der Waals surface area contributed by atoms with Crippen molar-refractivity contribution in [3.8, 4) is 28.7 Å². The first-order valence-corrected chi connectivity index (χ1v) is 13.3. The van der Waals surface area contributed by atoms with Gasteiger partial charge in [0.1, 0.15) is 23.7 Å². The zero-order valence-electron chi connectivity index (χ0n) is 22.2. The highest BCUT2D eigenvalue weighted by atomic mass is 35.5. The Bertz CT molecular complexity index is 1260. The van der Waals surface area contributed by atoms with Crippen molar-refractivity contribution in [2.24, 2.45) is 0 Å². The van der Waals surface area contributed by atoms with Gasteiger partial charge in [-0.05, 0) is 94.1 Å². The molecule has 0 unspecified atom stereocenters. The lowest BCUT2D eigenvalue weighted by Gasteiger charge is -2.33. The molecule has 0 radical (unpaired) electrons. The average Bonchev–Trinajstić information content (AvgIpc) is 2.88. The molecule has 1 amide bonds. The molecular formula is C31H34ClN3O3. The van der Waals surface area contributed by atoms with Gasteiger partial charge < -0.3 is 14.8 Å². The van der Waals surface area contributed by atoms with E-state index in [0.29, 0.717) is 17.3 Å². The van der Waals surface area contributed by atoms with Gasteiger partial charge in [-0.25, -0.2) is 9.78 Å². The summed E-state index contributed by atoms with van der Waals surface area (Å²) in [4.78, 5) is 18.9. The van der Waals surface area contributed by atoms with E-state index in [1.165, 1.54) is 0 Å². The van der Waals surface area contributed by atoms with E-state index in [9.17, 15) is 4.79 Å². The second kappa shape index (κ2) is 12.8. The summed E-state index contributed by atoms with van der Waals surface area (Å²) in [6, 6.07) is 19.5. The van der Waals surface area contributed by atoms with Crippen LogP contribution in [0.25, 0.3) is 11.1 Å². The lowest BCUT2D eigenvalue weighted by Crippen LogP contribution is -2.49. The molecule has 2 heterocycles. The number of ether oxygens (including phenoxy) is 2. The molecule has 0 aliphatic carbocycles. The third-order valence-electron chi connectivity index (χ3n) is 6.03. The van der Waals surface area contributed by atoms with Gasteiger partial charge in [0.2, 0.25) is 0 Å². The number of hydrogen-bond acceptors (Lipinski definition) is 5. The number of nitrogens with zero attached hydrogens (tertiary/aromatic N) is 2. The molecule has 0 bridgehead atoms. The summed E-state index contributed by atoms with van der Waals surface area (Å²) < 4.78 is 11.3. The molecule has 1 saturated heterocycles. The number of likely N-dealkylation sites (tertiary alicyclic amines) is 1. The van der Waals surface area contributed by atoms with Crippen molar-refractivity contribution in [1.82, 2.24) is 15.2 Å². The minimum absolute atomic E-state index is 0.0968. The van der Waals surface area contributed by atoms with Crippen LogP contribution in [0.15, 0.2) is 66.9 Å². The van der Waals surface area contributed by atoms with E-state index in [1.54, 1.807) is 0 Å². The second-order valence-corrected chi connectivity index (χ2v) is 10.8. The maximum absolute atomic E-state index is 12.1. The fourth-order valence-corrected chi connectivity index (χ4v) is 4.32. The van der Waals surface area contributed by atoms with Gasteiger partial charge in [-0.1, -0.05) is 35.7 Å². The molecule has 0 saturated carbocycles. The highest BCUT2D eigenvalue weighted by Gasteiger charge is 2.24. The van der Waals surface area contributed by atoms with Crippen LogP contribution in [0, 0.1) is 11.8 Å². The third-order valence-corrected chi connectivity index (χ3v) is 6.28. The van der Waals surface area contributed by atoms with Crippen LogP contribution in [0.5, 0.6) is 5.75 Å². The number of piperidine rings is 1. The normalized spacial score (nSPS) is 15.7. The highest BCUT2D eigenvalue weighted by Crippen LogP contribution is 2.21. The van der Waals surface area contributed by atoms with Crippen molar-refractivity contribution in [3.63, 3.8) is 0 Å². The zero-order chi connectivity index (χ0) is 27.0. The number of halogens is 1. The van der Waals surface area contributed by atoms with Gasteiger partial charge in [0, 0.05) is 41.5 Å². The van der Waals surface area contributed by atoms with Crippen LogP contribution < -0.4 is 10.1 Å². The van der Waals surface area contributed by atoms with Gasteiger partial charge >= 0.3 is 6.09 Å². The van der Waals surface area contributed by atoms with Gasteiger partial charge in [-0.15, -0.1) is 0 Å². The SMILES string of the molecule is CC(C)(C)OC(=O)N[C@@H]1CCCN(CCOc2ccc(C#Cc3ccc(-c4ccc(Cl)cc4)cn3)cc2)C1. The summed E-state index contributed by atoms with van der Waals surface area (Å²) in [5.74, 6) is 7.08. The number of pyridine rings is 1. The monoisotopic (exact) mass is 531 g/mol. The first-order valence-electron chi connectivity index (χ1n) is 12.9. The lowest BCUT2D eigenvalue weighted by molar-refractivity contribution is 0.0469. The van der Waals surface area contributed by atoms with E-state index in [0.717, 1.165) is 54.9 Å². The first-order chi connectivity index (χ1) is 18.2. The molecule has 7 heteroatoms. The number of amides is 1. The topological polar surface area (TPSA) is 63.7 Å². The summed E-state index contributed by atoms with van der Waals surface area (Å²) in [5, 5.41) is 3.70. The lowest BCUT2D eigenvalue weighted by atomic mass is 10.1. The summed E-state index contributed by atoms with van der Waals surface area (Å²) in [6.07, 6.45) is 3.46. The van der Waals surface area contributed by atoms with Crippen LogP contribution in [0.3, 0.4) is 0 Å². The Hall–Kier alpha value is -3.53. The van der Waals surface area contributed by atoms with Crippen LogP contribution in [-0.2, 0) is 4.74 Å². The second-order valence-electron chi connectivity index (χ2n) is 10.3. The number of benzene rings is 2. The van der Waals surface area contributed by atoms with Crippen molar-refractivity contribution in [2.45, 2.75) is 45.3 Å². The van der Waals surface area contributed by atoms with Crippen LogP contribution in [0.1, 0.15) is 44.9 Å². The summed E-state index contributed by atoms with van der Waals surface area (Å²) >= 11 is 5.97. The van der Waals surface area contributed by atoms with Crippen molar-refractivity contribution >= 4 is 17.7 Å². The van der Waals surface area contributed by atoms with Crippen LogP contribution in [0.2, 0.25) is 5.02 Å². The Balaban J connectivity index is 1.22. The Morgan fingerprint density at radius 2 is 1.79 bits per heavy atom. The number of nitrogens with one attached hydrogen (secondary N) is 1. The maximum Gasteiger partial charge on any atom is 0.407 e. The minimum atomic E-state index is -0.492. The summed E-state index contributed by atoms with van der Waals surface area (Å²) in [5.41, 5.74) is 3.20. The van der Waals surface area contributed by atoms with E-state index < -0.39 is 5.60 Å². The van der Waals surface area contributed by atoms with Gasteiger partial charge in [-0.3, -0.25) is 4.90 Å². The molecule has 1 aromatic heterocycles. The predicted molar refractivity (Wildman–Crippen MR) is 151 cm³/mol. The third kappa shape index (κ3) is 8.79. The number of aromatic nitrogens is 1. The Morgan fingerprint density at radius 3 is 2.47 bits per heavy atom. The molecule has 1 atom stereocenters. The van der Waals surface area contributed by atoms with Crippen LogP contribution >= 0.6 is 11.6 Å². The van der Waals surface area contributed by atoms with E-state index in [4.69, 9.17) is 21.1 Å². The molecule has 1 fully saturated rings. The molecule has 198 valence electrons. The van der Waals surface area contributed by atoms with E-state index in [1.807, 2.05) is 87.6 Å². The molecule has 4 rings (SSSR count). The van der Waals surface area contributed by atoms with Gasteiger partial charge in [0.25, 0.3) is 0 Å². The van der Waals surface area contributed by atoms with E-state index in [-0.39, 0.29) is 12.1 Å². The fourth-order valence-electron chi connectivity index (χ4n) is 4.19. The highest BCUT2D eigenvalue weighted by molar-refractivity contribution is 6.30. The largest absolute Gasteiger partial charge is 0.492 e. The van der Waals surface area contributed by atoms with E-state index >= 15 is 0 Å². The first kappa shape index (κ1) is 27.5.